The van der Waals surface area contributed by atoms with Crippen LogP contribution in [0, 0.1) is 0 Å². The summed E-state index contributed by atoms with van der Waals surface area (Å²) < 4.78 is 29.2. The van der Waals surface area contributed by atoms with Crippen LogP contribution in [0.1, 0.15) is 52.3 Å². The predicted octanol–water partition coefficient (Wildman–Crippen LogP) is 2.01. The van der Waals surface area contributed by atoms with Gasteiger partial charge in [-0.25, -0.2) is 13.1 Å². The van der Waals surface area contributed by atoms with E-state index in [1.807, 2.05) is 13.8 Å². The van der Waals surface area contributed by atoms with E-state index < -0.39 is 10.0 Å². The second kappa shape index (κ2) is 5.87. The van der Waals surface area contributed by atoms with Crippen molar-refractivity contribution in [2.24, 2.45) is 0 Å². The third kappa shape index (κ3) is 3.84. The average Bonchev–Trinajstić information content (AvgIpc) is 3.04. The van der Waals surface area contributed by atoms with Crippen LogP contribution >= 0.6 is 0 Å². The van der Waals surface area contributed by atoms with Crippen LogP contribution in [0.2, 0.25) is 0 Å². The Morgan fingerprint density at radius 1 is 1.25 bits per heavy atom. The molecule has 0 atom stereocenters. The minimum atomic E-state index is -3.40. The van der Waals surface area contributed by atoms with Gasteiger partial charge in [-0.05, 0) is 32.8 Å². The van der Waals surface area contributed by atoms with E-state index in [4.69, 9.17) is 0 Å². The number of nitrogens with zero attached hydrogens (tertiary/aromatic N) is 1. The van der Waals surface area contributed by atoms with Crippen LogP contribution in [0.5, 0.6) is 0 Å². The lowest BCUT2D eigenvalue weighted by Gasteiger charge is -2.10. The van der Waals surface area contributed by atoms with Gasteiger partial charge in [0.25, 0.3) is 0 Å². The highest BCUT2D eigenvalue weighted by Gasteiger charge is 2.28. The van der Waals surface area contributed by atoms with Crippen LogP contribution in [-0.4, -0.2) is 25.1 Å². The van der Waals surface area contributed by atoms with E-state index in [1.165, 1.54) is 0 Å². The van der Waals surface area contributed by atoms with Crippen LogP contribution in [0.3, 0.4) is 0 Å². The Labute approximate surface area is 121 Å². The lowest BCUT2D eigenvalue weighted by Crippen LogP contribution is -2.30. The van der Waals surface area contributed by atoms with Crippen molar-refractivity contribution in [3.05, 3.63) is 18.0 Å². The first-order valence-corrected chi connectivity index (χ1v) is 8.74. The maximum Gasteiger partial charge on any atom is 0.242 e. The standard InChI is InChI=1S/C14H25N3O2S/c1-10(2)15-8-13-7-14(9-17(13)12-5-6-12)20(18,19)16-11(3)4/h7,9-12,15-16H,5-6,8H2,1-4H3. The van der Waals surface area contributed by atoms with E-state index in [1.54, 1.807) is 12.3 Å². The topological polar surface area (TPSA) is 63.1 Å². The molecule has 6 heteroatoms. The van der Waals surface area contributed by atoms with E-state index in [0.717, 1.165) is 18.5 Å². The van der Waals surface area contributed by atoms with E-state index in [2.05, 4.69) is 28.5 Å². The molecular formula is C14H25N3O2S. The minimum Gasteiger partial charge on any atom is -0.346 e. The average molecular weight is 299 g/mol. The van der Waals surface area contributed by atoms with Crippen LogP contribution in [0.15, 0.2) is 17.2 Å². The zero-order valence-corrected chi connectivity index (χ0v) is 13.5. The number of sulfonamides is 1. The van der Waals surface area contributed by atoms with Gasteiger partial charge in [0.15, 0.2) is 0 Å². The van der Waals surface area contributed by atoms with Gasteiger partial charge in [0.2, 0.25) is 10.0 Å². The van der Waals surface area contributed by atoms with Crippen LogP contribution in [-0.2, 0) is 16.6 Å². The van der Waals surface area contributed by atoms with E-state index in [0.29, 0.717) is 23.5 Å². The fourth-order valence-corrected chi connectivity index (χ4v) is 3.47. The van der Waals surface area contributed by atoms with Crippen molar-refractivity contribution in [1.29, 1.82) is 0 Å². The van der Waals surface area contributed by atoms with Gasteiger partial charge in [-0.1, -0.05) is 13.8 Å². The summed E-state index contributed by atoms with van der Waals surface area (Å²) in [5, 5.41) is 3.35. The third-order valence-corrected chi connectivity index (χ3v) is 4.87. The molecule has 1 aliphatic rings. The zero-order valence-electron chi connectivity index (χ0n) is 12.7. The number of nitrogens with one attached hydrogen (secondary N) is 2. The lowest BCUT2D eigenvalue weighted by molar-refractivity contribution is 0.558. The molecule has 1 fully saturated rings. The molecule has 20 heavy (non-hydrogen) atoms. The van der Waals surface area contributed by atoms with Crippen molar-refractivity contribution < 1.29 is 8.42 Å². The molecule has 114 valence electrons. The summed E-state index contributed by atoms with van der Waals surface area (Å²) in [5.41, 5.74) is 1.05. The smallest absolute Gasteiger partial charge is 0.242 e. The van der Waals surface area contributed by atoms with Crippen molar-refractivity contribution in [2.75, 3.05) is 0 Å². The Hall–Kier alpha value is -0.850. The molecule has 0 aromatic carbocycles. The zero-order chi connectivity index (χ0) is 14.9. The third-order valence-electron chi connectivity index (χ3n) is 3.24. The lowest BCUT2D eigenvalue weighted by atomic mass is 10.3. The number of hydrogen-bond donors (Lipinski definition) is 2. The van der Waals surface area contributed by atoms with Gasteiger partial charge in [0.1, 0.15) is 0 Å². The van der Waals surface area contributed by atoms with Gasteiger partial charge in [0, 0.05) is 36.6 Å². The Kier molecular flexibility index (Phi) is 4.56. The number of aromatic nitrogens is 1. The molecule has 1 heterocycles. The van der Waals surface area contributed by atoms with Crippen molar-refractivity contribution in [3.63, 3.8) is 0 Å². The van der Waals surface area contributed by atoms with Crippen LogP contribution in [0.4, 0.5) is 0 Å². The van der Waals surface area contributed by atoms with E-state index in [-0.39, 0.29) is 6.04 Å². The van der Waals surface area contributed by atoms with E-state index in [9.17, 15) is 8.42 Å². The number of rotatable bonds is 7. The minimum absolute atomic E-state index is 0.0958. The van der Waals surface area contributed by atoms with Gasteiger partial charge in [-0.3, -0.25) is 0 Å². The summed E-state index contributed by atoms with van der Waals surface area (Å²) in [4.78, 5) is 0.374. The fraction of sp³-hybridized carbons (Fsp3) is 0.714. The van der Waals surface area contributed by atoms with Crippen LogP contribution < -0.4 is 10.0 Å². The quantitative estimate of drug-likeness (QED) is 0.809. The van der Waals surface area contributed by atoms with Gasteiger partial charge < -0.3 is 9.88 Å². The highest BCUT2D eigenvalue weighted by Crippen LogP contribution is 2.37. The maximum absolute atomic E-state index is 12.2. The first-order valence-electron chi connectivity index (χ1n) is 7.26. The normalized spacial score (nSPS) is 16.3. The summed E-state index contributed by atoms with van der Waals surface area (Å²) in [7, 11) is -3.40. The van der Waals surface area contributed by atoms with Gasteiger partial charge in [-0.15, -0.1) is 0 Å². The summed E-state index contributed by atoms with van der Waals surface area (Å²) in [6.07, 6.45) is 4.06. The Morgan fingerprint density at radius 2 is 1.90 bits per heavy atom. The molecule has 2 N–H and O–H groups in total. The Morgan fingerprint density at radius 3 is 2.40 bits per heavy atom. The Balaban J connectivity index is 2.24. The second-order valence-corrected chi connectivity index (χ2v) is 7.83. The molecule has 0 bridgehead atoms. The molecule has 0 saturated heterocycles. The second-order valence-electron chi connectivity index (χ2n) is 6.12. The molecule has 0 amide bonds. The largest absolute Gasteiger partial charge is 0.346 e. The van der Waals surface area contributed by atoms with Crippen molar-refractivity contribution >= 4 is 10.0 Å². The summed E-state index contributed by atoms with van der Waals surface area (Å²) in [6, 6.07) is 2.55. The Bertz CT molecular complexity index is 557. The summed E-state index contributed by atoms with van der Waals surface area (Å²) in [6.45, 7) is 8.53. The first kappa shape index (κ1) is 15.5. The van der Waals surface area contributed by atoms with Crippen molar-refractivity contribution in [1.82, 2.24) is 14.6 Å². The maximum atomic E-state index is 12.2. The molecule has 1 saturated carbocycles. The molecule has 0 unspecified atom stereocenters. The fourth-order valence-electron chi connectivity index (χ4n) is 2.16. The molecule has 1 aromatic rings. The predicted molar refractivity (Wildman–Crippen MR) is 80.1 cm³/mol. The molecule has 0 radical (unpaired) electrons. The van der Waals surface area contributed by atoms with Crippen LogP contribution in [0.25, 0.3) is 0 Å². The van der Waals surface area contributed by atoms with Crippen molar-refractivity contribution in [3.8, 4) is 0 Å². The van der Waals surface area contributed by atoms with Gasteiger partial charge in [0.05, 0.1) is 4.90 Å². The molecule has 1 aliphatic carbocycles. The highest BCUT2D eigenvalue weighted by molar-refractivity contribution is 7.89. The van der Waals surface area contributed by atoms with Gasteiger partial charge in [-0.2, -0.15) is 0 Å². The molecular weight excluding hydrogens is 274 g/mol. The molecule has 0 spiro atoms. The molecule has 0 aliphatic heterocycles. The monoisotopic (exact) mass is 299 g/mol. The van der Waals surface area contributed by atoms with E-state index >= 15 is 0 Å². The first-order chi connectivity index (χ1) is 9.29. The van der Waals surface area contributed by atoms with Gasteiger partial charge >= 0.3 is 0 Å². The molecule has 1 aromatic heterocycles. The highest BCUT2D eigenvalue weighted by atomic mass is 32.2. The molecule has 2 rings (SSSR count). The summed E-state index contributed by atoms with van der Waals surface area (Å²) >= 11 is 0. The molecule has 5 nitrogen and oxygen atoms in total. The van der Waals surface area contributed by atoms with Crippen molar-refractivity contribution in [2.45, 2.75) is 70.1 Å². The number of hydrogen-bond acceptors (Lipinski definition) is 3. The summed E-state index contributed by atoms with van der Waals surface area (Å²) in [5.74, 6) is 0. The SMILES string of the molecule is CC(C)NCc1cc(S(=O)(=O)NC(C)C)cn1C1CC1.